The third-order valence-electron chi connectivity index (χ3n) is 4.39. The van der Waals surface area contributed by atoms with Crippen molar-refractivity contribution >= 4 is 17.3 Å². The molecule has 2 aromatic rings. The predicted molar refractivity (Wildman–Crippen MR) is 91.1 cm³/mol. The van der Waals surface area contributed by atoms with Gasteiger partial charge in [0.1, 0.15) is 5.75 Å². The highest BCUT2D eigenvalue weighted by Gasteiger charge is 2.31. The first-order chi connectivity index (χ1) is 11.2. The number of nitrogens with zero attached hydrogens (tertiary/aromatic N) is 1. The summed E-state index contributed by atoms with van der Waals surface area (Å²) >= 11 is 1.71. The molecule has 0 bridgehead atoms. The molecule has 23 heavy (non-hydrogen) atoms. The van der Waals surface area contributed by atoms with Crippen molar-refractivity contribution in [2.24, 2.45) is 5.92 Å². The van der Waals surface area contributed by atoms with Crippen LogP contribution in [0.25, 0.3) is 0 Å². The van der Waals surface area contributed by atoms with Crippen molar-refractivity contribution in [1.82, 2.24) is 4.90 Å². The van der Waals surface area contributed by atoms with E-state index in [2.05, 4.69) is 28.5 Å². The van der Waals surface area contributed by atoms with Crippen molar-refractivity contribution in [2.75, 3.05) is 20.2 Å². The SMILES string of the molecule is COc1cccc(C(c2cccs2)N2CCCC(C(=O)O)C2)c1. The molecule has 0 saturated carbocycles. The number of carbonyl (C=O) groups is 1. The van der Waals surface area contributed by atoms with Gasteiger partial charge >= 0.3 is 5.97 Å². The molecule has 0 aliphatic carbocycles. The van der Waals surface area contributed by atoms with Gasteiger partial charge in [-0.2, -0.15) is 0 Å². The van der Waals surface area contributed by atoms with E-state index in [4.69, 9.17) is 4.74 Å². The van der Waals surface area contributed by atoms with Crippen molar-refractivity contribution in [3.63, 3.8) is 0 Å². The van der Waals surface area contributed by atoms with Crippen molar-refractivity contribution in [2.45, 2.75) is 18.9 Å². The van der Waals surface area contributed by atoms with Crippen LogP contribution in [0.4, 0.5) is 0 Å². The number of hydrogen-bond acceptors (Lipinski definition) is 4. The van der Waals surface area contributed by atoms with Crippen LogP contribution >= 0.6 is 11.3 Å². The number of benzene rings is 1. The fourth-order valence-electron chi connectivity index (χ4n) is 3.26. The van der Waals surface area contributed by atoms with E-state index in [9.17, 15) is 9.90 Å². The van der Waals surface area contributed by atoms with Gasteiger partial charge in [0.05, 0.1) is 19.1 Å². The van der Waals surface area contributed by atoms with Crippen LogP contribution in [0.1, 0.15) is 29.3 Å². The number of rotatable bonds is 5. The maximum absolute atomic E-state index is 11.4. The lowest BCUT2D eigenvalue weighted by molar-refractivity contribution is -0.143. The van der Waals surface area contributed by atoms with Gasteiger partial charge in [-0.15, -0.1) is 11.3 Å². The highest BCUT2D eigenvalue weighted by Crippen LogP contribution is 2.36. The molecule has 3 rings (SSSR count). The van der Waals surface area contributed by atoms with E-state index in [-0.39, 0.29) is 12.0 Å². The Morgan fingerprint density at radius 2 is 2.26 bits per heavy atom. The average Bonchev–Trinajstić information content (AvgIpc) is 3.09. The van der Waals surface area contributed by atoms with Crippen molar-refractivity contribution in [3.8, 4) is 5.75 Å². The van der Waals surface area contributed by atoms with Crippen LogP contribution in [0.2, 0.25) is 0 Å². The van der Waals surface area contributed by atoms with Gasteiger partial charge in [0.15, 0.2) is 0 Å². The summed E-state index contributed by atoms with van der Waals surface area (Å²) in [7, 11) is 1.67. The average molecular weight is 331 g/mol. The Labute approximate surface area is 140 Å². The summed E-state index contributed by atoms with van der Waals surface area (Å²) in [6.07, 6.45) is 1.68. The Kier molecular flexibility index (Phi) is 4.98. The quantitative estimate of drug-likeness (QED) is 0.909. The number of carboxylic acids is 1. The van der Waals surface area contributed by atoms with Gasteiger partial charge in [-0.25, -0.2) is 0 Å². The molecular formula is C18H21NO3S. The Balaban J connectivity index is 1.94. The van der Waals surface area contributed by atoms with Crippen LogP contribution in [-0.4, -0.2) is 36.2 Å². The lowest BCUT2D eigenvalue weighted by atomic mass is 9.94. The number of carboxylic acid groups (broad SMARTS) is 1. The largest absolute Gasteiger partial charge is 0.497 e. The second-order valence-corrected chi connectivity index (χ2v) is 6.85. The van der Waals surface area contributed by atoms with Crippen molar-refractivity contribution in [3.05, 3.63) is 52.2 Å². The maximum atomic E-state index is 11.4. The van der Waals surface area contributed by atoms with Crippen LogP contribution in [0, 0.1) is 5.92 Å². The Hall–Kier alpha value is -1.85. The van der Waals surface area contributed by atoms with E-state index in [1.165, 1.54) is 4.88 Å². The van der Waals surface area contributed by atoms with Gasteiger partial charge in [0.25, 0.3) is 0 Å². The van der Waals surface area contributed by atoms with Gasteiger partial charge in [0.2, 0.25) is 0 Å². The molecule has 0 amide bonds. The highest BCUT2D eigenvalue weighted by molar-refractivity contribution is 7.10. The molecule has 0 spiro atoms. The number of hydrogen-bond donors (Lipinski definition) is 1. The van der Waals surface area contributed by atoms with Gasteiger partial charge in [-0.3, -0.25) is 9.69 Å². The predicted octanol–water partition coefficient (Wildman–Crippen LogP) is 3.64. The van der Waals surface area contributed by atoms with Crippen molar-refractivity contribution < 1.29 is 14.6 Å². The Bertz CT molecular complexity index is 656. The monoisotopic (exact) mass is 331 g/mol. The fourth-order valence-corrected chi connectivity index (χ4v) is 4.14. The fraction of sp³-hybridized carbons (Fsp3) is 0.389. The topological polar surface area (TPSA) is 49.8 Å². The Morgan fingerprint density at radius 3 is 2.96 bits per heavy atom. The third-order valence-corrected chi connectivity index (χ3v) is 5.31. The highest BCUT2D eigenvalue weighted by atomic mass is 32.1. The van der Waals surface area contributed by atoms with Crippen LogP contribution < -0.4 is 4.74 Å². The first-order valence-electron chi connectivity index (χ1n) is 7.83. The minimum Gasteiger partial charge on any atom is -0.497 e. The normalized spacial score (nSPS) is 20.1. The zero-order chi connectivity index (χ0) is 16.2. The molecule has 1 aliphatic rings. The van der Waals surface area contributed by atoms with E-state index in [1.807, 2.05) is 18.2 Å². The summed E-state index contributed by atoms with van der Waals surface area (Å²) in [5.41, 5.74) is 1.15. The van der Waals surface area contributed by atoms with Gasteiger partial charge in [0, 0.05) is 11.4 Å². The molecule has 2 unspecified atom stereocenters. The first-order valence-corrected chi connectivity index (χ1v) is 8.71. The first kappa shape index (κ1) is 16.0. The second kappa shape index (κ2) is 7.15. The van der Waals surface area contributed by atoms with E-state index < -0.39 is 5.97 Å². The zero-order valence-electron chi connectivity index (χ0n) is 13.1. The summed E-state index contributed by atoms with van der Waals surface area (Å²) in [5.74, 6) is -0.141. The molecule has 1 fully saturated rings. The smallest absolute Gasteiger partial charge is 0.307 e. The van der Waals surface area contributed by atoms with E-state index in [1.54, 1.807) is 18.4 Å². The minimum atomic E-state index is -0.690. The van der Waals surface area contributed by atoms with Gasteiger partial charge in [-0.1, -0.05) is 18.2 Å². The molecule has 1 aromatic carbocycles. The zero-order valence-corrected chi connectivity index (χ0v) is 14.0. The van der Waals surface area contributed by atoms with Crippen molar-refractivity contribution in [1.29, 1.82) is 0 Å². The molecule has 1 N–H and O–H groups in total. The Morgan fingerprint density at radius 1 is 1.39 bits per heavy atom. The maximum Gasteiger partial charge on any atom is 0.307 e. The minimum absolute atomic E-state index is 0.0900. The summed E-state index contributed by atoms with van der Waals surface area (Å²) in [6, 6.07) is 12.3. The number of ether oxygens (including phenoxy) is 1. The molecule has 1 aromatic heterocycles. The van der Waals surface area contributed by atoms with Crippen LogP contribution in [-0.2, 0) is 4.79 Å². The van der Waals surface area contributed by atoms with Crippen LogP contribution in [0.5, 0.6) is 5.75 Å². The number of methoxy groups -OCH3 is 1. The summed E-state index contributed by atoms with van der Waals surface area (Å²) < 4.78 is 5.36. The molecule has 4 nitrogen and oxygen atoms in total. The molecule has 122 valence electrons. The van der Waals surface area contributed by atoms with E-state index in [0.29, 0.717) is 6.54 Å². The van der Waals surface area contributed by atoms with E-state index >= 15 is 0 Å². The van der Waals surface area contributed by atoms with E-state index in [0.717, 1.165) is 30.7 Å². The molecule has 2 atom stereocenters. The standard InChI is InChI=1S/C18H21NO3S/c1-22-15-7-2-5-13(11-15)17(16-8-4-10-23-16)19-9-3-6-14(12-19)18(20)21/h2,4-5,7-8,10-11,14,17H,3,6,9,12H2,1H3,(H,20,21). The number of thiophene rings is 1. The van der Waals surface area contributed by atoms with Crippen LogP contribution in [0.3, 0.4) is 0 Å². The lowest BCUT2D eigenvalue weighted by Gasteiger charge is -2.37. The third kappa shape index (κ3) is 3.57. The number of piperidine rings is 1. The molecule has 1 saturated heterocycles. The second-order valence-electron chi connectivity index (χ2n) is 5.87. The molecule has 1 aliphatic heterocycles. The molecular weight excluding hydrogens is 310 g/mol. The molecule has 0 radical (unpaired) electrons. The summed E-state index contributed by atoms with van der Waals surface area (Å²) in [5, 5.41) is 11.4. The summed E-state index contributed by atoms with van der Waals surface area (Å²) in [6.45, 7) is 1.51. The summed E-state index contributed by atoms with van der Waals surface area (Å²) in [4.78, 5) is 14.9. The molecule has 5 heteroatoms. The molecule has 2 heterocycles. The lowest BCUT2D eigenvalue weighted by Crippen LogP contribution is -2.41. The van der Waals surface area contributed by atoms with Gasteiger partial charge in [-0.05, 0) is 48.5 Å². The van der Waals surface area contributed by atoms with Gasteiger partial charge < -0.3 is 9.84 Å². The number of aliphatic carboxylic acids is 1. The number of likely N-dealkylation sites (tertiary alicyclic amines) is 1. The van der Waals surface area contributed by atoms with Crippen LogP contribution in [0.15, 0.2) is 41.8 Å².